The highest BCUT2D eigenvalue weighted by Gasteiger charge is 2.33. The van der Waals surface area contributed by atoms with Crippen LogP contribution in [0.1, 0.15) is 66.2 Å². The van der Waals surface area contributed by atoms with Gasteiger partial charge in [0.2, 0.25) is 10.0 Å². The third-order valence-corrected chi connectivity index (χ3v) is 12.9. The van der Waals surface area contributed by atoms with Gasteiger partial charge in [-0.05, 0) is 118 Å². The van der Waals surface area contributed by atoms with Crippen LogP contribution in [0.25, 0.3) is 10.9 Å². The molecule has 0 aliphatic carbocycles. The Labute approximate surface area is 286 Å². The minimum atomic E-state index is -4.35. The fraction of sp³-hybridized carbons (Fsp3) is 0.382. The summed E-state index contributed by atoms with van der Waals surface area (Å²) in [7, 11) is -8.14. The monoisotopic (exact) mass is 719 g/mol. The van der Waals surface area contributed by atoms with Crippen LogP contribution in [-0.2, 0) is 26.6 Å². The van der Waals surface area contributed by atoms with Gasteiger partial charge in [0.05, 0.1) is 16.4 Å². The molecule has 1 aromatic heterocycles. The first-order valence-electron chi connectivity index (χ1n) is 15.6. The number of fused-ring (bicyclic) bond motifs is 1. The number of carbonyl (C=O) groups excluding carboxylic acids is 1. The van der Waals surface area contributed by atoms with Gasteiger partial charge >= 0.3 is 0 Å². The van der Waals surface area contributed by atoms with E-state index < -0.39 is 26.0 Å². The maximum atomic E-state index is 13.7. The van der Waals surface area contributed by atoms with Crippen LogP contribution >= 0.6 is 23.2 Å². The van der Waals surface area contributed by atoms with Crippen LogP contribution in [0.5, 0.6) is 5.75 Å². The molecule has 1 fully saturated rings. The van der Waals surface area contributed by atoms with E-state index in [-0.39, 0.29) is 21.5 Å². The molecular weight excluding hydrogens is 681 g/mol. The zero-order chi connectivity index (χ0) is 34.1. The SMILES string of the molecule is CC[C@@H]1CCCCN1S(=O)(=O)c1ccc(S(=O)(=O)NC(=O)c2c(C)c3cc(Cl)ccc3n2CCCOc2cc(C)c(Cl)c(C)c2)cc1. The molecule has 1 amide bonds. The van der Waals surface area contributed by atoms with Gasteiger partial charge in [0.1, 0.15) is 11.4 Å². The van der Waals surface area contributed by atoms with E-state index in [1.165, 1.54) is 28.6 Å². The molecule has 4 aromatic rings. The first-order valence-corrected chi connectivity index (χ1v) is 19.3. The first-order chi connectivity index (χ1) is 22.2. The van der Waals surface area contributed by atoms with Gasteiger partial charge in [-0.15, -0.1) is 0 Å². The average Bonchev–Trinajstić information content (AvgIpc) is 3.31. The predicted molar refractivity (Wildman–Crippen MR) is 186 cm³/mol. The summed E-state index contributed by atoms with van der Waals surface area (Å²) in [5.74, 6) is -0.121. The lowest BCUT2D eigenvalue weighted by atomic mass is 10.0. The van der Waals surface area contributed by atoms with E-state index in [0.29, 0.717) is 53.9 Å². The molecule has 0 unspecified atom stereocenters. The summed E-state index contributed by atoms with van der Waals surface area (Å²) in [6.45, 7) is 8.67. The third-order valence-electron chi connectivity index (χ3n) is 8.71. The number of halogens is 2. The maximum absolute atomic E-state index is 13.7. The highest BCUT2D eigenvalue weighted by atomic mass is 35.5. The summed E-state index contributed by atoms with van der Waals surface area (Å²) in [4.78, 5) is 13.5. The van der Waals surface area contributed by atoms with Crippen molar-refractivity contribution in [3.05, 3.63) is 87.0 Å². The molecule has 1 N–H and O–H groups in total. The van der Waals surface area contributed by atoms with Gasteiger partial charge in [0, 0.05) is 40.1 Å². The number of nitrogens with zero attached hydrogens (tertiary/aromatic N) is 2. The molecule has 9 nitrogen and oxygen atoms in total. The number of benzene rings is 3. The number of hydrogen-bond acceptors (Lipinski definition) is 6. The van der Waals surface area contributed by atoms with Crippen molar-refractivity contribution in [1.82, 2.24) is 13.6 Å². The highest BCUT2D eigenvalue weighted by molar-refractivity contribution is 7.90. The molecule has 0 bridgehead atoms. The van der Waals surface area contributed by atoms with Crippen molar-refractivity contribution in [1.29, 1.82) is 0 Å². The van der Waals surface area contributed by atoms with Crippen LogP contribution in [0.2, 0.25) is 10.0 Å². The Morgan fingerprint density at radius 1 is 0.936 bits per heavy atom. The minimum Gasteiger partial charge on any atom is -0.494 e. The topological polar surface area (TPSA) is 115 Å². The van der Waals surface area contributed by atoms with Gasteiger partial charge in [0.15, 0.2) is 0 Å². The van der Waals surface area contributed by atoms with Crippen LogP contribution < -0.4 is 9.46 Å². The number of carbonyl (C=O) groups is 1. The molecule has 1 aliphatic rings. The average molecular weight is 721 g/mol. The summed E-state index contributed by atoms with van der Waals surface area (Å²) in [6.07, 6.45) is 3.78. The Morgan fingerprint density at radius 3 is 2.26 bits per heavy atom. The second-order valence-electron chi connectivity index (χ2n) is 11.9. The normalized spacial score (nSPS) is 16.0. The molecule has 1 atom stereocenters. The van der Waals surface area contributed by atoms with Crippen LogP contribution in [0, 0.1) is 20.8 Å². The second kappa shape index (κ2) is 14.2. The summed E-state index contributed by atoms with van der Waals surface area (Å²) in [6, 6.07) is 13.9. The lowest BCUT2D eigenvalue weighted by molar-refractivity contribution is 0.0971. The van der Waals surface area contributed by atoms with E-state index in [0.717, 1.165) is 41.3 Å². The van der Waals surface area contributed by atoms with E-state index in [2.05, 4.69) is 4.72 Å². The molecular formula is C34H39Cl2N3O6S2. The number of aryl methyl sites for hydroxylation is 4. The van der Waals surface area contributed by atoms with Crippen molar-refractivity contribution >= 4 is 60.1 Å². The number of amides is 1. The van der Waals surface area contributed by atoms with Gasteiger partial charge in [-0.25, -0.2) is 21.6 Å². The van der Waals surface area contributed by atoms with Crippen molar-refractivity contribution in [2.75, 3.05) is 13.2 Å². The van der Waals surface area contributed by atoms with Gasteiger partial charge in [0.25, 0.3) is 15.9 Å². The van der Waals surface area contributed by atoms with Crippen LogP contribution in [0.15, 0.2) is 64.4 Å². The Morgan fingerprint density at radius 2 is 1.60 bits per heavy atom. The van der Waals surface area contributed by atoms with Gasteiger partial charge in [-0.3, -0.25) is 4.79 Å². The number of aromatic nitrogens is 1. The predicted octanol–water partition coefficient (Wildman–Crippen LogP) is 7.41. The standard InChI is InChI=1S/C34H39Cl2N3O6S2/c1-5-26-9-6-7-17-39(26)47(43,44)29-13-11-28(12-14-29)46(41,42)37-34(40)33-24(4)30-21-25(35)10-15-31(30)38(33)16-8-18-45-27-19-22(2)32(36)23(3)20-27/h10-15,19-21,26H,5-9,16-18H2,1-4H3,(H,37,40)/t26-/m1/s1. The number of nitrogens with one attached hydrogen (secondary N) is 1. The number of piperidine rings is 1. The van der Waals surface area contributed by atoms with E-state index in [1.54, 1.807) is 29.7 Å². The molecule has 1 saturated heterocycles. The molecule has 252 valence electrons. The van der Waals surface area contributed by atoms with Gasteiger partial charge in [-0.1, -0.05) is 36.5 Å². The number of ether oxygens (including phenoxy) is 1. The number of rotatable bonds is 11. The molecule has 3 aromatic carbocycles. The molecule has 13 heteroatoms. The number of hydrogen-bond donors (Lipinski definition) is 1. The van der Waals surface area contributed by atoms with Crippen molar-refractivity contribution in [2.45, 2.75) is 82.2 Å². The van der Waals surface area contributed by atoms with E-state index >= 15 is 0 Å². The smallest absolute Gasteiger partial charge is 0.281 e. The maximum Gasteiger partial charge on any atom is 0.281 e. The summed E-state index contributed by atoms with van der Waals surface area (Å²) < 4.78 is 65.0. The van der Waals surface area contributed by atoms with Crippen LogP contribution in [-0.4, -0.2) is 50.8 Å². The number of sulfonamides is 2. The molecule has 0 spiro atoms. The molecule has 47 heavy (non-hydrogen) atoms. The van der Waals surface area contributed by atoms with Crippen molar-refractivity contribution in [2.24, 2.45) is 0 Å². The Bertz CT molecular complexity index is 2000. The van der Waals surface area contributed by atoms with Gasteiger partial charge in [-0.2, -0.15) is 4.31 Å². The summed E-state index contributed by atoms with van der Waals surface area (Å²) in [5.41, 5.74) is 3.31. The molecule has 2 heterocycles. The fourth-order valence-electron chi connectivity index (χ4n) is 6.28. The Hall–Kier alpha value is -3.09. The fourth-order valence-corrected chi connectivity index (χ4v) is 9.28. The zero-order valence-corrected chi connectivity index (χ0v) is 30.0. The quantitative estimate of drug-likeness (QED) is 0.162. The van der Waals surface area contributed by atoms with Crippen LogP contribution in [0.4, 0.5) is 0 Å². The third kappa shape index (κ3) is 7.34. The Kier molecular flexibility index (Phi) is 10.6. The van der Waals surface area contributed by atoms with E-state index in [1.807, 2.05) is 32.9 Å². The summed E-state index contributed by atoms with van der Waals surface area (Å²) in [5, 5.41) is 1.90. The van der Waals surface area contributed by atoms with Crippen molar-refractivity contribution in [3.8, 4) is 5.75 Å². The van der Waals surface area contributed by atoms with E-state index in [9.17, 15) is 21.6 Å². The van der Waals surface area contributed by atoms with E-state index in [4.69, 9.17) is 27.9 Å². The molecule has 0 radical (unpaired) electrons. The van der Waals surface area contributed by atoms with Crippen molar-refractivity contribution < 1.29 is 26.4 Å². The first kappa shape index (κ1) is 35.2. The van der Waals surface area contributed by atoms with Crippen LogP contribution in [0.3, 0.4) is 0 Å². The summed E-state index contributed by atoms with van der Waals surface area (Å²) >= 11 is 12.6. The van der Waals surface area contributed by atoms with Gasteiger partial charge < -0.3 is 9.30 Å². The lowest BCUT2D eigenvalue weighted by Gasteiger charge is -2.34. The lowest BCUT2D eigenvalue weighted by Crippen LogP contribution is -2.43. The largest absolute Gasteiger partial charge is 0.494 e. The Balaban J connectivity index is 1.36. The zero-order valence-electron chi connectivity index (χ0n) is 26.8. The second-order valence-corrected chi connectivity index (χ2v) is 16.3. The highest BCUT2D eigenvalue weighted by Crippen LogP contribution is 2.31. The molecule has 1 aliphatic heterocycles. The molecule has 0 saturated carbocycles. The molecule has 5 rings (SSSR count). The minimum absolute atomic E-state index is 0.0158. The van der Waals surface area contributed by atoms with Crippen molar-refractivity contribution in [3.63, 3.8) is 0 Å².